The predicted octanol–water partition coefficient (Wildman–Crippen LogP) is -0.213. The molecule has 1 saturated heterocycles. The topological polar surface area (TPSA) is 106 Å². The molecule has 1 aromatic rings. The Bertz CT molecular complexity index is 558. The summed E-state index contributed by atoms with van der Waals surface area (Å²) in [6, 6.07) is 0. The quantitative estimate of drug-likeness (QED) is 0.819. The molecular weight excluding hydrogens is 258 g/mol. The molecule has 0 aromatic carbocycles. The van der Waals surface area contributed by atoms with E-state index in [2.05, 4.69) is 5.16 Å². The van der Waals surface area contributed by atoms with Gasteiger partial charge in [0.1, 0.15) is 10.6 Å². The first kappa shape index (κ1) is 13.0. The monoisotopic (exact) mass is 273 g/mol. The van der Waals surface area contributed by atoms with Crippen LogP contribution in [-0.2, 0) is 14.8 Å². The van der Waals surface area contributed by atoms with Crippen molar-refractivity contribution in [1.82, 2.24) is 9.46 Å². The molecule has 1 amide bonds. The Hall–Kier alpha value is -1.41. The summed E-state index contributed by atoms with van der Waals surface area (Å²) in [4.78, 5) is 11.2. The highest BCUT2D eigenvalue weighted by Gasteiger charge is 2.37. The van der Waals surface area contributed by atoms with E-state index in [0.29, 0.717) is 18.7 Å². The summed E-state index contributed by atoms with van der Waals surface area (Å²) in [5.41, 5.74) is 5.52. The third-order valence-corrected chi connectivity index (χ3v) is 5.23. The fourth-order valence-corrected chi connectivity index (χ4v) is 3.94. The van der Waals surface area contributed by atoms with Crippen LogP contribution in [0.15, 0.2) is 9.42 Å². The average Bonchev–Trinajstić information content (AvgIpc) is 2.85. The highest BCUT2D eigenvalue weighted by Crippen LogP contribution is 2.27. The standard InChI is InChI=1S/C10H15N3O4S/c1-6-9(7(2)17-12-6)18(15,16)13-4-3-8(5-13)10(11)14/h8H,3-5H2,1-2H3,(H2,11,14)/t8-/m1/s1. The number of carbonyl (C=O) groups is 1. The molecule has 2 N–H and O–H groups in total. The van der Waals surface area contributed by atoms with E-state index in [1.165, 1.54) is 4.31 Å². The van der Waals surface area contributed by atoms with Crippen molar-refractivity contribution in [2.45, 2.75) is 25.2 Å². The van der Waals surface area contributed by atoms with E-state index in [1.807, 2.05) is 0 Å². The minimum absolute atomic E-state index is 0.0904. The van der Waals surface area contributed by atoms with Crippen molar-refractivity contribution in [2.24, 2.45) is 11.7 Å². The number of aryl methyl sites for hydroxylation is 2. The Balaban J connectivity index is 2.32. The zero-order chi connectivity index (χ0) is 13.5. The van der Waals surface area contributed by atoms with Gasteiger partial charge in [-0.15, -0.1) is 0 Å². The second-order valence-corrected chi connectivity index (χ2v) is 6.28. The second kappa shape index (κ2) is 4.36. The van der Waals surface area contributed by atoms with E-state index in [-0.39, 0.29) is 17.2 Å². The first-order chi connectivity index (χ1) is 8.34. The fourth-order valence-electron chi connectivity index (χ4n) is 2.15. The summed E-state index contributed by atoms with van der Waals surface area (Å²) in [6.07, 6.45) is 0.456. The molecule has 2 heterocycles. The predicted molar refractivity (Wildman–Crippen MR) is 62.0 cm³/mol. The molecule has 7 nitrogen and oxygen atoms in total. The lowest BCUT2D eigenvalue weighted by atomic mass is 10.1. The van der Waals surface area contributed by atoms with Gasteiger partial charge in [-0.1, -0.05) is 5.16 Å². The molecule has 1 aliphatic heterocycles. The Morgan fingerprint density at radius 1 is 1.50 bits per heavy atom. The van der Waals surface area contributed by atoms with Crippen LogP contribution in [0.2, 0.25) is 0 Å². The number of sulfonamides is 1. The number of hydrogen-bond acceptors (Lipinski definition) is 5. The van der Waals surface area contributed by atoms with Gasteiger partial charge >= 0.3 is 0 Å². The fraction of sp³-hybridized carbons (Fsp3) is 0.600. The molecule has 0 unspecified atom stereocenters. The van der Waals surface area contributed by atoms with Crippen LogP contribution in [0.3, 0.4) is 0 Å². The lowest BCUT2D eigenvalue weighted by Gasteiger charge is -2.15. The van der Waals surface area contributed by atoms with Crippen LogP contribution in [-0.4, -0.2) is 36.9 Å². The average molecular weight is 273 g/mol. The second-order valence-electron chi connectivity index (χ2n) is 4.40. The lowest BCUT2D eigenvalue weighted by Crippen LogP contribution is -2.32. The number of carbonyl (C=O) groups excluding carboxylic acids is 1. The molecule has 1 fully saturated rings. The maximum Gasteiger partial charge on any atom is 0.248 e. The van der Waals surface area contributed by atoms with Gasteiger partial charge in [0.05, 0.1) is 5.92 Å². The zero-order valence-corrected chi connectivity index (χ0v) is 11.0. The third kappa shape index (κ3) is 2.01. The first-order valence-corrected chi connectivity index (χ1v) is 7.00. The summed E-state index contributed by atoms with van der Waals surface area (Å²) < 4.78 is 30.9. The van der Waals surface area contributed by atoms with Crippen LogP contribution >= 0.6 is 0 Å². The molecule has 1 atom stereocenters. The molecule has 0 bridgehead atoms. The van der Waals surface area contributed by atoms with E-state index >= 15 is 0 Å². The van der Waals surface area contributed by atoms with E-state index in [1.54, 1.807) is 13.8 Å². The van der Waals surface area contributed by atoms with E-state index < -0.39 is 21.8 Å². The summed E-state index contributed by atoms with van der Waals surface area (Å²) in [6.45, 7) is 3.54. The maximum absolute atomic E-state index is 12.4. The summed E-state index contributed by atoms with van der Waals surface area (Å²) >= 11 is 0. The number of aromatic nitrogens is 1. The molecular formula is C10H15N3O4S. The van der Waals surface area contributed by atoms with E-state index in [0.717, 1.165) is 0 Å². The number of amides is 1. The smallest absolute Gasteiger partial charge is 0.248 e. The molecule has 1 aliphatic rings. The highest BCUT2D eigenvalue weighted by atomic mass is 32.2. The van der Waals surface area contributed by atoms with Crippen molar-refractivity contribution in [3.05, 3.63) is 11.5 Å². The van der Waals surface area contributed by atoms with Crippen LogP contribution in [0.1, 0.15) is 17.9 Å². The van der Waals surface area contributed by atoms with Gasteiger partial charge in [-0.2, -0.15) is 4.31 Å². The van der Waals surface area contributed by atoms with Crippen LogP contribution in [0.25, 0.3) is 0 Å². The summed E-state index contributed by atoms with van der Waals surface area (Å²) in [5.74, 6) is -0.623. The maximum atomic E-state index is 12.4. The van der Waals surface area contributed by atoms with Crippen molar-refractivity contribution < 1.29 is 17.7 Å². The van der Waals surface area contributed by atoms with Gasteiger partial charge in [0, 0.05) is 13.1 Å². The van der Waals surface area contributed by atoms with Crippen molar-refractivity contribution in [3.63, 3.8) is 0 Å². The van der Waals surface area contributed by atoms with E-state index in [9.17, 15) is 13.2 Å². The molecule has 0 saturated carbocycles. The molecule has 18 heavy (non-hydrogen) atoms. The van der Waals surface area contributed by atoms with Gasteiger partial charge in [-0.3, -0.25) is 4.79 Å². The molecule has 1 aromatic heterocycles. The Kier molecular flexibility index (Phi) is 3.16. The Morgan fingerprint density at radius 3 is 2.61 bits per heavy atom. The number of nitrogens with zero attached hydrogens (tertiary/aromatic N) is 2. The number of primary amides is 1. The molecule has 2 rings (SSSR count). The van der Waals surface area contributed by atoms with Gasteiger partial charge in [0.2, 0.25) is 15.9 Å². The minimum atomic E-state index is -3.65. The summed E-state index contributed by atoms with van der Waals surface area (Å²) in [5, 5.41) is 3.64. The minimum Gasteiger partial charge on any atom is -0.369 e. The van der Waals surface area contributed by atoms with Gasteiger partial charge < -0.3 is 10.3 Å². The first-order valence-electron chi connectivity index (χ1n) is 5.56. The van der Waals surface area contributed by atoms with Crippen molar-refractivity contribution >= 4 is 15.9 Å². The highest BCUT2D eigenvalue weighted by molar-refractivity contribution is 7.89. The molecule has 0 radical (unpaired) electrons. The SMILES string of the molecule is Cc1noc(C)c1S(=O)(=O)N1CC[C@@H](C(N)=O)C1. The van der Waals surface area contributed by atoms with Crippen LogP contribution in [0, 0.1) is 19.8 Å². The van der Waals surface area contributed by atoms with Crippen molar-refractivity contribution in [2.75, 3.05) is 13.1 Å². The number of hydrogen-bond donors (Lipinski definition) is 1. The van der Waals surface area contributed by atoms with E-state index in [4.69, 9.17) is 10.3 Å². The largest absolute Gasteiger partial charge is 0.369 e. The molecule has 100 valence electrons. The van der Waals surface area contributed by atoms with Crippen LogP contribution < -0.4 is 5.73 Å². The Labute approximate surface area is 105 Å². The third-order valence-electron chi connectivity index (χ3n) is 3.12. The molecule has 0 aliphatic carbocycles. The summed E-state index contributed by atoms with van der Waals surface area (Å²) in [7, 11) is -3.65. The molecule has 0 spiro atoms. The van der Waals surface area contributed by atoms with Crippen molar-refractivity contribution in [3.8, 4) is 0 Å². The Morgan fingerprint density at radius 2 is 2.17 bits per heavy atom. The molecule has 8 heteroatoms. The van der Waals surface area contributed by atoms with Gasteiger partial charge in [0.15, 0.2) is 5.76 Å². The van der Waals surface area contributed by atoms with Crippen LogP contribution in [0.4, 0.5) is 0 Å². The lowest BCUT2D eigenvalue weighted by molar-refractivity contribution is -0.121. The van der Waals surface area contributed by atoms with Crippen LogP contribution in [0.5, 0.6) is 0 Å². The zero-order valence-electron chi connectivity index (χ0n) is 10.2. The van der Waals surface area contributed by atoms with Gasteiger partial charge in [0.25, 0.3) is 0 Å². The normalized spacial score (nSPS) is 21.3. The van der Waals surface area contributed by atoms with Crippen molar-refractivity contribution in [1.29, 1.82) is 0 Å². The van der Waals surface area contributed by atoms with Gasteiger partial charge in [-0.25, -0.2) is 8.42 Å². The number of rotatable bonds is 3. The number of nitrogens with two attached hydrogens (primary N) is 1. The van der Waals surface area contributed by atoms with Gasteiger partial charge in [-0.05, 0) is 20.3 Å².